The Labute approximate surface area is 165 Å². The topological polar surface area (TPSA) is 31.6 Å². The first-order valence-electron chi connectivity index (χ1n) is 9.71. The van der Waals surface area contributed by atoms with E-state index in [0.29, 0.717) is 0 Å². The summed E-state index contributed by atoms with van der Waals surface area (Å²) in [5.41, 5.74) is 3.40. The molecule has 28 heavy (non-hydrogen) atoms. The van der Waals surface area contributed by atoms with E-state index in [1.807, 2.05) is 12.1 Å². The summed E-state index contributed by atoms with van der Waals surface area (Å²) in [6, 6.07) is 21.0. The fraction of sp³-hybridized carbons (Fsp3) is 0.250. The van der Waals surface area contributed by atoms with Crippen LogP contribution in [-0.2, 0) is 9.31 Å². The van der Waals surface area contributed by atoms with E-state index in [9.17, 15) is 0 Å². The lowest BCUT2D eigenvalue weighted by Gasteiger charge is -2.32. The van der Waals surface area contributed by atoms with Gasteiger partial charge in [0.15, 0.2) is 0 Å². The number of hydrogen-bond donors (Lipinski definition) is 0. The highest BCUT2D eigenvalue weighted by molar-refractivity contribution is 6.65. The predicted molar refractivity (Wildman–Crippen MR) is 115 cm³/mol. The van der Waals surface area contributed by atoms with E-state index in [1.54, 1.807) is 6.26 Å². The van der Waals surface area contributed by atoms with Crippen LogP contribution in [0.3, 0.4) is 0 Å². The first-order chi connectivity index (χ1) is 13.4. The van der Waals surface area contributed by atoms with E-state index in [1.165, 1.54) is 16.5 Å². The molecule has 5 rings (SSSR count). The van der Waals surface area contributed by atoms with E-state index >= 15 is 0 Å². The van der Waals surface area contributed by atoms with Gasteiger partial charge in [-0.15, -0.1) is 0 Å². The largest absolute Gasteiger partial charge is 0.498 e. The molecule has 0 radical (unpaired) electrons. The van der Waals surface area contributed by atoms with Crippen molar-refractivity contribution in [3.05, 3.63) is 66.9 Å². The van der Waals surface area contributed by atoms with Gasteiger partial charge in [0.1, 0.15) is 5.58 Å². The van der Waals surface area contributed by atoms with Gasteiger partial charge in [0.25, 0.3) is 0 Å². The van der Waals surface area contributed by atoms with Crippen molar-refractivity contribution in [2.75, 3.05) is 0 Å². The molecule has 3 nitrogen and oxygen atoms in total. The van der Waals surface area contributed by atoms with Crippen LogP contribution in [0.4, 0.5) is 0 Å². The first kappa shape index (κ1) is 17.5. The minimum atomic E-state index is -0.448. The van der Waals surface area contributed by atoms with Crippen molar-refractivity contribution in [3.63, 3.8) is 0 Å². The van der Waals surface area contributed by atoms with Crippen molar-refractivity contribution in [1.82, 2.24) is 0 Å². The number of furan rings is 1. The SMILES string of the molecule is CC1(C)OB(c2coc3c2cc(-c2ccccc2)c2ccccc23)OC1(C)C. The Balaban J connectivity index is 1.75. The van der Waals surface area contributed by atoms with Crippen LogP contribution >= 0.6 is 0 Å². The third-order valence-corrected chi connectivity index (χ3v) is 6.20. The van der Waals surface area contributed by atoms with E-state index in [-0.39, 0.29) is 11.2 Å². The summed E-state index contributed by atoms with van der Waals surface area (Å²) in [4.78, 5) is 0. The van der Waals surface area contributed by atoms with E-state index < -0.39 is 7.12 Å². The molecule has 1 fully saturated rings. The molecule has 1 saturated heterocycles. The zero-order valence-electron chi connectivity index (χ0n) is 16.7. The Morgan fingerprint density at radius 1 is 0.714 bits per heavy atom. The Bertz CT molecular complexity index is 1160. The summed E-state index contributed by atoms with van der Waals surface area (Å²) in [6.45, 7) is 8.28. The van der Waals surface area contributed by atoms with E-state index in [2.05, 4.69) is 76.2 Å². The molecule has 0 saturated carbocycles. The number of hydrogen-bond acceptors (Lipinski definition) is 3. The van der Waals surface area contributed by atoms with Crippen molar-refractivity contribution in [1.29, 1.82) is 0 Å². The minimum Gasteiger partial charge on any atom is -0.464 e. The van der Waals surface area contributed by atoms with Crippen molar-refractivity contribution in [2.45, 2.75) is 38.9 Å². The van der Waals surface area contributed by atoms with Gasteiger partial charge in [0, 0.05) is 16.2 Å². The number of rotatable bonds is 2. The smallest absolute Gasteiger partial charge is 0.464 e. The molecule has 0 aliphatic carbocycles. The molecule has 4 aromatic rings. The normalized spacial score (nSPS) is 18.2. The average Bonchev–Trinajstić information content (AvgIpc) is 3.19. The second-order valence-corrected chi connectivity index (χ2v) is 8.49. The zero-order chi connectivity index (χ0) is 19.5. The molecule has 1 aromatic heterocycles. The van der Waals surface area contributed by atoms with Crippen molar-refractivity contribution < 1.29 is 13.7 Å². The Hall–Kier alpha value is -2.56. The maximum absolute atomic E-state index is 6.29. The summed E-state index contributed by atoms with van der Waals surface area (Å²) in [5, 5.41) is 3.31. The van der Waals surface area contributed by atoms with Crippen LogP contribution in [0.5, 0.6) is 0 Å². The standard InChI is InChI=1S/C24H23BO3/c1-23(2)24(3,4)28-25(27-23)21-15-26-22-18-13-9-8-12-17(18)19(14-20(21)22)16-10-6-5-7-11-16/h5-15H,1-4H3. The number of benzene rings is 3. The molecule has 140 valence electrons. The molecule has 2 heterocycles. The fourth-order valence-electron chi connectivity index (χ4n) is 3.89. The van der Waals surface area contributed by atoms with Gasteiger partial charge >= 0.3 is 7.12 Å². The van der Waals surface area contributed by atoms with Gasteiger partial charge in [0.05, 0.1) is 17.5 Å². The lowest BCUT2D eigenvalue weighted by Crippen LogP contribution is -2.41. The summed E-state index contributed by atoms with van der Waals surface area (Å²) >= 11 is 0. The molecular formula is C24H23BO3. The third-order valence-electron chi connectivity index (χ3n) is 6.20. The van der Waals surface area contributed by atoms with Gasteiger partial charge in [-0.2, -0.15) is 0 Å². The van der Waals surface area contributed by atoms with Crippen LogP contribution in [-0.4, -0.2) is 18.3 Å². The third kappa shape index (κ3) is 2.52. The summed E-state index contributed by atoms with van der Waals surface area (Å²) < 4.78 is 18.6. The highest BCUT2D eigenvalue weighted by atomic mass is 16.7. The van der Waals surface area contributed by atoms with Crippen molar-refractivity contribution >= 4 is 34.3 Å². The maximum atomic E-state index is 6.29. The van der Waals surface area contributed by atoms with Gasteiger partial charge in [-0.3, -0.25) is 0 Å². The predicted octanol–water partition coefficient (Wildman–Crippen LogP) is 5.55. The molecule has 1 aliphatic rings. The summed E-state index contributed by atoms with van der Waals surface area (Å²) in [7, 11) is -0.448. The van der Waals surface area contributed by atoms with Crippen LogP contribution in [0.25, 0.3) is 32.9 Å². The van der Waals surface area contributed by atoms with Gasteiger partial charge in [-0.25, -0.2) is 0 Å². The molecule has 3 aromatic carbocycles. The van der Waals surface area contributed by atoms with Crippen molar-refractivity contribution in [2.24, 2.45) is 0 Å². The van der Waals surface area contributed by atoms with Crippen LogP contribution in [0.15, 0.2) is 71.3 Å². The maximum Gasteiger partial charge on any atom is 0.498 e. The molecule has 4 heteroatoms. The molecule has 1 aliphatic heterocycles. The lowest BCUT2D eigenvalue weighted by atomic mass is 9.78. The second-order valence-electron chi connectivity index (χ2n) is 8.49. The molecule has 0 amide bonds. The van der Waals surface area contributed by atoms with Gasteiger partial charge in [-0.1, -0.05) is 54.6 Å². The monoisotopic (exact) mass is 370 g/mol. The Morgan fingerprint density at radius 2 is 1.32 bits per heavy atom. The van der Waals surface area contributed by atoms with Gasteiger partial charge in [0.2, 0.25) is 0 Å². The van der Waals surface area contributed by atoms with Crippen molar-refractivity contribution in [3.8, 4) is 11.1 Å². The fourth-order valence-corrected chi connectivity index (χ4v) is 3.89. The molecule has 0 atom stereocenters. The molecule has 0 bridgehead atoms. The Kier molecular flexibility index (Phi) is 3.74. The molecule has 0 spiro atoms. The average molecular weight is 370 g/mol. The van der Waals surface area contributed by atoms with Crippen LogP contribution < -0.4 is 5.46 Å². The van der Waals surface area contributed by atoms with E-state index in [0.717, 1.165) is 21.8 Å². The second kappa shape index (κ2) is 5.97. The van der Waals surface area contributed by atoms with Gasteiger partial charge < -0.3 is 13.7 Å². The molecular weight excluding hydrogens is 347 g/mol. The highest BCUT2D eigenvalue weighted by Crippen LogP contribution is 2.39. The highest BCUT2D eigenvalue weighted by Gasteiger charge is 2.52. The quantitative estimate of drug-likeness (QED) is 0.434. The van der Waals surface area contributed by atoms with Crippen LogP contribution in [0, 0.1) is 0 Å². The van der Waals surface area contributed by atoms with Crippen LogP contribution in [0.1, 0.15) is 27.7 Å². The van der Waals surface area contributed by atoms with E-state index in [4.69, 9.17) is 13.7 Å². The van der Waals surface area contributed by atoms with Crippen LogP contribution in [0.2, 0.25) is 0 Å². The molecule has 0 unspecified atom stereocenters. The van der Waals surface area contributed by atoms with Gasteiger partial charge in [-0.05, 0) is 50.3 Å². The summed E-state index contributed by atoms with van der Waals surface area (Å²) in [5.74, 6) is 0. The first-order valence-corrected chi connectivity index (χ1v) is 9.71. The molecule has 0 N–H and O–H groups in total. The zero-order valence-corrected chi connectivity index (χ0v) is 16.7. The Morgan fingerprint density at radius 3 is 2.00 bits per heavy atom. The summed E-state index contributed by atoms with van der Waals surface area (Å²) in [6.07, 6.45) is 1.79. The number of fused-ring (bicyclic) bond motifs is 3. The lowest BCUT2D eigenvalue weighted by molar-refractivity contribution is 0.00578. The minimum absolute atomic E-state index is 0.389.